The van der Waals surface area contributed by atoms with Gasteiger partial charge in [0.25, 0.3) is 0 Å². The molecule has 18 heavy (non-hydrogen) atoms. The molecule has 0 rings (SSSR count). The normalized spacial score (nSPS) is 11.4. The van der Waals surface area contributed by atoms with Crippen LogP contribution in [0.1, 0.15) is 65.2 Å². The lowest BCUT2D eigenvalue weighted by Crippen LogP contribution is -2.17. The van der Waals surface area contributed by atoms with Gasteiger partial charge in [-0.1, -0.05) is 46.0 Å². The van der Waals surface area contributed by atoms with Crippen molar-refractivity contribution in [2.75, 3.05) is 6.61 Å². The van der Waals surface area contributed by atoms with Gasteiger partial charge in [-0.2, -0.15) is 0 Å². The monoisotopic (exact) mass is 263 g/mol. The molecule has 0 bridgehead atoms. The van der Waals surface area contributed by atoms with Gasteiger partial charge in [0, 0.05) is 6.42 Å². The predicted molar refractivity (Wildman–Crippen MR) is 71.3 cm³/mol. The lowest BCUT2D eigenvalue weighted by molar-refractivity contribution is -0.129. The summed E-state index contributed by atoms with van der Waals surface area (Å²) in [4.78, 5) is 10.5. The van der Waals surface area contributed by atoms with E-state index < -0.39 is 6.10 Å². The van der Waals surface area contributed by atoms with E-state index >= 15 is 0 Å². The zero-order valence-corrected chi connectivity index (χ0v) is 11.7. The molecule has 1 atom stereocenters. The molecule has 0 saturated carbocycles. The summed E-state index contributed by atoms with van der Waals surface area (Å²) in [6.45, 7) is 4.02. The van der Waals surface area contributed by atoms with Crippen molar-refractivity contribution >= 4 is 5.91 Å². The zero-order chi connectivity index (χ0) is 14.2. The molecule has 0 aromatic heterocycles. The minimum Gasteiger partial charge on any atom is -0.394 e. The molecular weight excluding hydrogens is 234 g/mol. The average molecular weight is 263 g/mol. The first-order valence-corrected chi connectivity index (χ1v) is 6.84. The lowest BCUT2D eigenvalue weighted by Gasteiger charge is -2.01. The Bertz CT molecular complexity index is 176. The van der Waals surface area contributed by atoms with Crippen LogP contribution in [0.2, 0.25) is 0 Å². The molecule has 0 aliphatic carbocycles. The van der Waals surface area contributed by atoms with Crippen molar-refractivity contribution in [2.24, 2.45) is 0 Å². The first-order chi connectivity index (χ1) is 8.62. The fourth-order valence-corrected chi connectivity index (χ4v) is 1.37. The molecule has 0 aliphatic heterocycles. The number of aliphatic hydroxyl groups is 2. The summed E-state index contributed by atoms with van der Waals surface area (Å²) in [6, 6.07) is 0. The fraction of sp³-hybridized carbons (Fsp3) is 0.923. The Kier molecular flexibility index (Phi) is 17.9. The number of aliphatic hydroxyl groups excluding tert-OH is 2. The Morgan fingerprint density at radius 3 is 2.11 bits per heavy atom. The summed E-state index contributed by atoms with van der Waals surface area (Å²) in [6.07, 6.45) is 7.19. The summed E-state index contributed by atoms with van der Waals surface area (Å²) < 4.78 is 0. The van der Waals surface area contributed by atoms with Crippen molar-refractivity contribution in [1.29, 1.82) is 0 Å². The van der Waals surface area contributed by atoms with E-state index in [1.807, 2.05) is 6.92 Å². The third kappa shape index (κ3) is 17.7. The number of amides is 1. The van der Waals surface area contributed by atoms with Gasteiger partial charge in [-0.3, -0.25) is 10.0 Å². The number of hydrogen-bond donors (Lipinski definition) is 4. The van der Waals surface area contributed by atoms with Gasteiger partial charge in [-0.05, 0) is 12.8 Å². The van der Waals surface area contributed by atoms with Crippen molar-refractivity contribution in [3.63, 3.8) is 0 Å². The second-order valence-corrected chi connectivity index (χ2v) is 4.32. The third-order valence-corrected chi connectivity index (χ3v) is 2.46. The maximum absolute atomic E-state index is 10.5. The molecule has 0 aromatic rings. The standard InChI is InChI=1S/C8H17NO2.C5H12O2/c1-2-3-4-5-6-7-8(10)9-11;1-2-3-5(7)4-6/h11H,2-7H2,1H3,(H,9,10);5-7H,2-4H2,1H3. The minimum absolute atomic E-state index is 0.103. The van der Waals surface area contributed by atoms with Gasteiger partial charge < -0.3 is 10.2 Å². The van der Waals surface area contributed by atoms with Crippen LogP contribution in [-0.2, 0) is 4.79 Å². The Morgan fingerprint density at radius 1 is 1.11 bits per heavy atom. The second kappa shape index (κ2) is 16.4. The summed E-state index contributed by atoms with van der Waals surface area (Å²) in [5, 5.41) is 25.0. The molecule has 1 unspecified atom stereocenters. The van der Waals surface area contributed by atoms with Crippen LogP contribution in [0.5, 0.6) is 0 Å². The van der Waals surface area contributed by atoms with Crippen LogP contribution in [0.25, 0.3) is 0 Å². The van der Waals surface area contributed by atoms with E-state index in [0.717, 1.165) is 19.3 Å². The van der Waals surface area contributed by atoms with Gasteiger partial charge in [0.05, 0.1) is 12.7 Å². The number of hydroxylamine groups is 1. The highest BCUT2D eigenvalue weighted by atomic mass is 16.5. The highest BCUT2D eigenvalue weighted by Crippen LogP contribution is 2.04. The smallest absolute Gasteiger partial charge is 0.243 e. The second-order valence-electron chi connectivity index (χ2n) is 4.32. The lowest BCUT2D eigenvalue weighted by atomic mass is 10.1. The van der Waals surface area contributed by atoms with E-state index in [4.69, 9.17) is 15.4 Å². The number of carbonyl (C=O) groups is 1. The highest BCUT2D eigenvalue weighted by Gasteiger charge is 1.97. The maximum Gasteiger partial charge on any atom is 0.243 e. The van der Waals surface area contributed by atoms with Crippen LogP contribution >= 0.6 is 0 Å². The van der Waals surface area contributed by atoms with Crippen molar-refractivity contribution in [2.45, 2.75) is 71.3 Å². The van der Waals surface area contributed by atoms with Crippen LogP contribution in [0.4, 0.5) is 0 Å². The van der Waals surface area contributed by atoms with E-state index in [2.05, 4.69) is 6.92 Å². The van der Waals surface area contributed by atoms with Crippen LogP contribution in [0, 0.1) is 0 Å². The molecule has 110 valence electrons. The van der Waals surface area contributed by atoms with E-state index in [1.165, 1.54) is 19.3 Å². The van der Waals surface area contributed by atoms with Crippen molar-refractivity contribution in [1.82, 2.24) is 5.48 Å². The Morgan fingerprint density at radius 2 is 1.72 bits per heavy atom. The van der Waals surface area contributed by atoms with Crippen LogP contribution in [0.3, 0.4) is 0 Å². The van der Waals surface area contributed by atoms with Crippen LogP contribution in [-0.4, -0.2) is 34.0 Å². The van der Waals surface area contributed by atoms with Gasteiger partial charge in [-0.15, -0.1) is 0 Å². The minimum atomic E-state index is -0.495. The van der Waals surface area contributed by atoms with E-state index in [-0.39, 0.29) is 12.5 Å². The molecule has 0 aromatic carbocycles. The summed E-state index contributed by atoms with van der Waals surface area (Å²) in [5.74, 6) is -0.276. The largest absolute Gasteiger partial charge is 0.394 e. The number of unbranched alkanes of at least 4 members (excludes halogenated alkanes) is 4. The molecule has 0 heterocycles. The molecule has 0 aliphatic rings. The Labute approximate surface area is 110 Å². The maximum atomic E-state index is 10.5. The zero-order valence-electron chi connectivity index (χ0n) is 11.7. The quantitative estimate of drug-likeness (QED) is 0.291. The molecular formula is C13H29NO4. The Balaban J connectivity index is 0. The molecule has 4 N–H and O–H groups in total. The van der Waals surface area contributed by atoms with Gasteiger partial charge in [-0.25, -0.2) is 5.48 Å². The number of rotatable bonds is 9. The molecule has 0 radical (unpaired) electrons. The number of nitrogens with one attached hydrogen (secondary N) is 1. The Hall–Kier alpha value is -0.650. The molecule has 0 spiro atoms. The molecule has 1 amide bonds. The van der Waals surface area contributed by atoms with E-state index in [0.29, 0.717) is 12.8 Å². The van der Waals surface area contributed by atoms with Gasteiger partial charge in [0.15, 0.2) is 0 Å². The fourth-order valence-electron chi connectivity index (χ4n) is 1.37. The summed E-state index contributed by atoms with van der Waals surface area (Å²) >= 11 is 0. The van der Waals surface area contributed by atoms with Crippen LogP contribution in [0.15, 0.2) is 0 Å². The van der Waals surface area contributed by atoms with Gasteiger partial charge >= 0.3 is 0 Å². The van der Waals surface area contributed by atoms with Crippen LogP contribution < -0.4 is 5.48 Å². The highest BCUT2D eigenvalue weighted by molar-refractivity contribution is 5.74. The summed E-state index contributed by atoms with van der Waals surface area (Å²) in [7, 11) is 0. The van der Waals surface area contributed by atoms with Crippen molar-refractivity contribution in [3.05, 3.63) is 0 Å². The van der Waals surface area contributed by atoms with Crippen molar-refractivity contribution in [3.8, 4) is 0 Å². The molecule has 0 fully saturated rings. The average Bonchev–Trinajstić information content (AvgIpc) is 2.39. The summed E-state index contributed by atoms with van der Waals surface area (Å²) in [5.41, 5.74) is 1.62. The van der Waals surface area contributed by atoms with E-state index in [1.54, 1.807) is 5.48 Å². The van der Waals surface area contributed by atoms with E-state index in [9.17, 15) is 4.79 Å². The molecule has 5 heteroatoms. The van der Waals surface area contributed by atoms with Crippen molar-refractivity contribution < 1.29 is 20.2 Å². The molecule has 0 saturated heterocycles. The third-order valence-electron chi connectivity index (χ3n) is 2.46. The topological polar surface area (TPSA) is 89.8 Å². The first-order valence-electron chi connectivity index (χ1n) is 6.84. The number of carbonyl (C=O) groups excluding carboxylic acids is 1. The van der Waals surface area contributed by atoms with Gasteiger partial charge in [0.1, 0.15) is 0 Å². The molecule has 5 nitrogen and oxygen atoms in total. The first kappa shape index (κ1) is 19.7. The SMILES string of the molecule is CCCC(O)CO.CCCCCCCC(=O)NO. The number of hydrogen-bond acceptors (Lipinski definition) is 4. The van der Waals surface area contributed by atoms with Gasteiger partial charge in [0.2, 0.25) is 5.91 Å². The predicted octanol–water partition coefficient (Wildman–Crippen LogP) is 1.99.